The molecule has 0 amide bonds. The van der Waals surface area contributed by atoms with Crippen LogP contribution in [-0.2, 0) is 6.54 Å². The summed E-state index contributed by atoms with van der Waals surface area (Å²) in [6.45, 7) is 6.83. The molecule has 102 valence electrons. The zero-order valence-corrected chi connectivity index (χ0v) is 12.0. The number of halogens is 1. The maximum Gasteiger partial charge on any atom is 0.138 e. The third kappa shape index (κ3) is 4.84. The Bertz CT molecular complexity index is 365. The standard InChI is InChI=1S/C14H22ClNO2/c1-4-12(9-17)16-8-11-5-6-14(13(15)7-11)18-10(2)3/h5-7,10,12,16-17H,4,8-9H2,1-3H3/t12-/m1/s1. The van der Waals surface area contributed by atoms with Gasteiger partial charge in [0.25, 0.3) is 0 Å². The molecule has 0 aliphatic heterocycles. The molecule has 0 aliphatic rings. The predicted octanol–water partition coefficient (Wildman–Crippen LogP) is 2.99. The third-order valence-electron chi connectivity index (χ3n) is 2.67. The Morgan fingerprint density at radius 1 is 1.39 bits per heavy atom. The van der Waals surface area contributed by atoms with Crippen molar-refractivity contribution < 1.29 is 9.84 Å². The monoisotopic (exact) mass is 271 g/mol. The second-order valence-electron chi connectivity index (χ2n) is 4.60. The van der Waals surface area contributed by atoms with Crippen molar-refractivity contribution in [3.63, 3.8) is 0 Å². The molecular weight excluding hydrogens is 250 g/mol. The molecule has 1 aromatic carbocycles. The Kier molecular flexibility index (Phi) is 6.47. The summed E-state index contributed by atoms with van der Waals surface area (Å²) in [6, 6.07) is 5.91. The lowest BCUT2D eigenvalue weighted by Crippen LogP contribution is -2.31. The van der Waals surface area contributed by atoms with E-state index in [4.69, 9.17) is 21.4 Å². The van der Waals surface area contributed by atoms with Crippen molar-refractivity contribution in [2.75, 3.05) is 6.61 Å². The highest BCUT2D eigenvalue weighted by molar-refractivity contribution is 6.32. The van der Waals surface area contributed by atoms with Gasteiger partial charge in [-0.15, -0.1) is 0 Å². The number of benzene rings is 1. The number of rotatable bonds is 7. The molecule has 2 N–H and O–H groups in total. The quantitative estimate of drug-likeness (QED) is 0.801. The van der Waals surface area contributed by atoms with Crippen LogP contribution in [0.2, 0.25) is 5.02 Å². The van der Waals surface area contributed by atoms with E-state index in [1.54, 1.807) is 0 Å². The van der Waals surface area contributed by atoms with Gasteiger partial charge in [-0.1, -0.05) is 24.6 Å². The minimum absolute atomic E-state index is 0.116. The lowest BCUT2D eigenvalue weighted by molar-refractivity contribution is 0.238. The molecule has 0 heterocycles. The molecule has 0 aliphatic carbocycles. The summed E-state index contributed by atoms with van der Waals surface area (Å²) in [5, 5.41) is 13.0. The molecule has 1 rings (SSSR count). The average molecular weight is 272 g/mol. The van der Waals surface area contributed by atoms with Gasteiger partial charge >= 0.3 is 0 Å². The van der Waals surface area contributed by atoms with Gasteiger partial charge in [0.1, 0.15) is 5.75 Å². The smallest absolute Gasteiger partial charge is 0.138 e. The Morgan fingerprint density at radius 3 is 2.61 bits per heavy atom. The lowest BCUT2D eigenvalue weighted by atomic mass is 10.2. The second-order valence-corrected chi connectivity index (χ2v) is 5.01. The van der Waals surface area contributed by atoms with Crippen LogP contribution >= 0.6 is 11.6 Å². The zero-order valence-electron chi connectivity index (χ0n) is 11.2. The van der Waals surface area contributed by atoms with E-state index in [0.29, 0.717) is 17.3 Å². The van der Waals surface area contributed by atoms with Crippen LogP contribution in [0, 0.1) is 0 Å². The Labute approximate surface area is 114 Å². The summed E-state index contributed by atoms with van der Waals surface area (Å²) in [7, 11) is 0. The van der Waals surface area contributed by atoms with Crippen LogP contribution in [0.25, 0.3) is 0 Å². The lowest BCUT2D eigenvalue weighted by Gasteiger charge is -2.15. The Balaban J connectivity index is 2.61. The van der Waals surface area contributed by atoms with Crippen molar-refractivity contribution in [3.05, 3.63) is 28.8 Å². The molecule has 1 aromatic rings. The van der Waals surface area contributed by atoms with Gasteiger partial charge in [-0.2, -0.15) is 0 Å². The van der Waals surface area contributed by atoms with E-state index >= 15 is 0 Å². The van der Waals surface area contributed by atoms with Crippen LogP contribution < -0.4 is 10.1 Å². The molecule has 0 bridgehead atoms. The minimum Gasteiger partial charge on any atom is -0.489 e. The fourth-order valence-corrected chi connectivity index (χ4v) is 1.85. The van der Waals surface area contributed by atoms with Gasteiger partial charge in [-0.25, -0.2) is 0 Å². The van der Waals surface area contributed by atoms with Gasteiger partial charge in [-0.05, 0) is 38.0 Å². The molecule has 0 fully saturated rings. The van der Waals surface area contributed by atoms with Gasteiger partial charge in [0.15, 0.2) is 0 Å². The zero-order chi connectivity index (χ0) is 13.5. The molecule has 4 heteroatoms. The van der Waals surface area contributed by atoms with E-state index in [9.17, 15) is 0 Å². The van der Waals surface area contributed by atoms with Crippen molar-refractivity contribution in [1.29, 1.82) is 0 Å². The van der Waals surface area contributed by atoms with E-state index in [2.05, 4.69) is 5.32 Å². The molecule has 0 radical (unpaired) electrons. The van der Waals surface area contributed by atoms with Gasteiger partial charge in [0, 0.05) is 12.6 Å². The van der Waals surface area contributed by atoms with Crippen LogP contribution in [0.15, 0.2) is 18.2 Å². The molecule has 18 heavy (non-hydrogen) atoms. The number of hydrogen-bond acceptors (Lipinski definition) is 3. The van der Waals surface area contributed by atoms with Crippen molar-refractivity contribution in [2.45, 2.75) is 45.9 Å². The van der Waals surface area contributed by atoms with Crippen molar-refractivity contribution in [2.24, 2.45) is 0 Å². The van der Waals surface area contributed by atoms with Gasteiger partial charge in [0.05, 0.1) is 17.7 Å². The van der Waals surface area contributed by atoms with Crippen LogP contribution in [-0.4, -0.2) is 23.9 Å². The number of nitrogens with one attached hydrogen (secondary N) is 1. The third-order valence-corrected chi connectivity index (χ3v) is 2.96. The molecular formula is C14H22ClNO2. The highest BCUT2D eigenvalue weighted by atomic mass is 35.5. The fourth-order valence-electron chi connectivity index (χ4n) is 1.60. The SMILES string of the molecule is CC[C@H](CO)NCc1ccc(OC(C)C)c(Cl)c1. The topological polar surface area (TPSA) is 41.5 Å². The highest BCUT2D eigenvalue weighted by Crippen LogP contribution is 2.26. The second kappa shape index (κ2) is 7.62. The van der Waals surface area contributed by atoms with E-state index < -0.39 is 0 Å². The molecule has 0 saturated carbocycles. The summed E-state index contributed by atoms with van der Waals surface area (Å²) >= 11 is 6.15. The highest BCUT2D eigenvalue weighted by Gasteiger charge is 2.07. The van der Waals surface area contributed by atoms with Crippen molar-refractivity contribution >= 4 is 11.6 Å². The van der Waals surface area contributed by atoms with Gasteiger partial charge in [-0.3, -0.25) is 0 Å². The van der Waals surface area contributed by atoms with Crippen LogP contribution in [0.1, 0.15) is 32.8 Å². The van der Waals surface area contributed by atoms with E-state index in [-0.39, 0.29) is 18.8 Å². The van der Waals surface area contributed by atoms with Crippen molar-refractivity contribution in [3.8, 4) is 5.75 Å². The van der Waals surface area contributed by atoms with E-state index in [1.165, 1.54) is 0 Å². The molecule has 0 spiro atoms. The number of hydrogen-bond donors (Lipinski definition) is 2. The summed E-state index contributed by atoms with van der Waals surface area (Å²) in [6.07, 6.45) is 1.02. The maximum absolute atomic E-state index is 9.09. The largest absolute Gasteiger partial charge is 0.489 e. The summed E-state index contributed by atoms with van der Waals surface area (Å²) < 4.78 is 5.58. The first-order valence-electron chi connectivity index (χ1n) is 6.36. The molecule has 0 saturated heterocycles. The first kappa shape index (κ1) is 15.3. The first-order valence-corrected chi connectivity index (χ1v) is 6.74. The Morgan fingerprint density at radius 2 is 2.11 bits per heavy atom. The summed E-state index contributed by atoms with van der Waals surface area (Å²) in [4.78, 5) is 0. The fraction of sp³-hybridized carbons (Fsp3) is 0.571. The van der Waals surface area contributed by atoms with Crippen molar-refractivity contribution in [1.82, 2.24) is 5.32 Å². The average Bonchev–Trinajstić information content (AvgIpc) is 2.33. The Hall–Kier alpha value is -0.770. The minimum atomic E-state index is 0.116. The molecule has 3 nitrogen and oxygen atoms in total. The van der Waals surface area contributed by atoms with Gasteiger partial charge < -0.3 is 15.2 Å². The van der Waals surface area contributed by atoms with Crippen LogP contribution in [0.3, 0.4) is 0 Å². The number of ether oxygens (including phenoxy) is 1. The first-order chi connectivity index (χ1) is 8.56. The van der Waals surface area contributed by atoms with Crippen LogP contribution in [0.5, 0.6) is 5.75 Å². The summed E-state index contributed by atoms with van der Waals surface area (Å²) in [5.41, 5.74) is 1.09. The van der Waals surface area contributed by atoms with Crippen LogP contribution in [0.4, 0.5) is 0 Å². The summed E-state index contributed by atoms with van der Waals surface area (Å²) in [5.74, 6) is 0.713. The molecule has 1 atom stereocenters. The normalized spacial score (nSPS) is 12.8. The predicted molar refractivity (Wildman–Crippen MR) is 75.2 cm³/mol. The molecule has 0 unspecified atom stereocenters. The maximum atomic E-state index is 9.09. The van der Waals surface area contributed by atoms with E-state index in [0.717, 1.165) is 12.0 Å². The van der Waals surface area contributed by atoms with Gasteiger partial charge in [0.2, 0.25) is 0 Å². The number of aliphatic hydroxyl groups excluding tert-OH is 1. The molecule has 0 aromatic heterocycles. The van der Waals surface area contributed by atoms with E-state index in [1.807, 2.05) is 39.0 Å². The number of aliphatic hydroxyl groups is 1.